The smallest absolute Gasteiger partial charge is 0.337 e. The topological polar surface area (TPSA) is 121 Å². The predicted molar refractivity (Wildman–Crippen MR) is 147 cm³/mol. The minimum atomic E-state index is -1.80. The molecule has 1 aromatic carbocycles. The number of ether oxygens (including phenoxy) is 1. The molecule has 202 valence electrons. The van der Waals surface area contributed by atoms with E-state index in [2.05, 4.69) is 15.9 Å². The number of phenolic OH excluding ortho intramolecular Hbond substituents is 1. The number of carboxylic acid groups (broad SMARTS) is 2. The van der Waals surface area contributed by atoms with E-state index in [0.717, 1.165) is 0 Å². The largest absolute Gasteiger partial charge is 0.507 e. The second-order valence-electron chi connectivity index (χ2n) is 11.3. The molecule has 2 rings (SSSR count). The summed E-state index contributed by atoms with van der Waals surface area (Å²) >= 11 is 3.37. The Bertz CT molecular complexity index is 1180. The summed E-state index contributed by atoms with van der Waals surface area (Å²) in [6.45, 7) is 14.8. The van der Waals surface area contributed by atoms with Crippen molar-refractivity contribution >= 4 is 39.4 Å². The molecule has 0 aromatic heterocycles. The summed E-state index contributed by atoms with van der Waals surface area (Å²) in [5.41, 5.74) is -2.03. The van der Waals surface area contributed by atoms with Crippen LogP contribution < -0.4 is 0 Å². The van der Waals surface area contributed by atoms with E-state index in [1.807, 2.05) is 41.5 Å². The van der Waals surface area contributed by atoms with Gasteiger partial charge in [0.25, 0.3) is 0 Å². The predicted octanol–water partition coefficient (Wildman–Crippen LogP) is 6.15. The molecule has 0 radical (unpaired) electrons. The van der Waals surface area contributed by atoms with Gasteiger partial charge >= 0.3 is 11.9 Å². The van der Waals surface area contributed by atoms with Crippen LogP contribution in [0.2, 0.25) is 0 Å². The first-order chi connectivity index (χ1) is 17.0. The number of alkyl halides is 1. The van der Waals surface area contributed by atoms with Crippen LogP contribution >= 0.6 is 15.9 Å². The Balaban J connectivity index is 3.29. The first-order valence-electron chi connectivity index (χ1n) is 12.3. The maximum atomic E-state index is 13.2. The van der Waals surface area contributed by atoms with Crippen LogP contribution in [-0.4, -0.2) is 45.1 Å². The molecular formula is C29H37BrO7. The van der Waals surface area contributed by atoms with Crippen molar-refractivity contribution in [2.75, 3.05) is 11.9 Å². The van der Waals surface area contributed by atoms with E-state index in [9.17, 15) is 29.7 Å². The summed E-state index contributed by atoms with van der Waals surface area (Å²) in [5.74, 6) is -0.964. The number of carbonyl (C=O) groups is 2. The number of benzene rings is 1. The summed E-state index contributed by atoms with van der Waals surface area (Å²) in [5, 5.41) is 32.9. The first kappa shape index (κ1) is 30.4. The third-order valence-electron chi connectivity index (χ3n) is 6.80. The molecule has 0 amide bonds. The summed E-state index contributed by atoms with van der Waals surface area (Å²) in [6.07, 6.45) is 0.473. The van der Waals surface area contributed by atoms with Crippen LogP contribution in [0.3, 0.4) is 0 Å². The van der Waals surface area contributed by atoms with Crippen molar-refractivity contribution in [3.05, 3.63) is 51.3 Å². The van der Waals surface area contributed by atoms with E-state index in [0.29, 0.717) is 28.4 Å². The minimum Gasteiger partial charge on any atom is -0.507 e. The highest BCUT2D eigenvalue weighted by Gasteiger charge is 2.52. The molecule has 0 saturated carbocycles. The number of carbonyl (C=O) groups excluding carboxylic acids is 1. The lowest BCUT2D eigenvalue weighted by molar-refractivity contribution is -0.144. The van der Waals surface area contributed by atoms with Gasteiger partial charge in [0, 0.05) is 16.5 Å². The highest BCUT2D eigenvalue weighted by molar-refractivity contribution is 9.09. The van der Waals surface area contributed by atoms with Gasteiger partial charge in [0.05, 0.1) is 12.2 Å². The summed E-state index contributed by atoms with van der Waals surface area (Å²) in [6, 6.07) is 3.30. The molecule has 0 heterocycles. The van der Waals surface area contributed by atoms with E-state index in [1.54, 1.807) is 31.9 Å². The van der Waals surface area contributed by atoms with Crippen molar-refractivity contribution in [1.29, 1.82) is 0 Å². The Hall–Kier alpha value is -2.83. The second-order valence-corrected chi connectivity index (χ2v) is 12.1. The molecular weight excluding hydrogens is 540 g/mol. The van der Waals surface area contributed by atoms with Crippen LogP contribution in [0.15, 0.2) is 34.6 Å². The lowest BCUT2D eigenvalue weighted by Gasteiger charge is -2.40. The number of allylic oxidation sites excluding steroid dienone is 1. The molecule has 1 aromatic rings. The van der Waals surface area contributed by atoms with Crippen molar-refractivity contribution < 1.29 is 34.4 Å². The molecule has 8 heteroatoms. The molecule has 0 spiro atoms. The lowest BCUT2D eigenvalue weighted by Crippen LogP contribution is -2.40. The van der Waals surface area contributed by atoms with Gasteiger partial charge in [-0.3, -0.25) is 4.79 Å². The summed E-state index contributed by atoms with van der Waals surface area (Å²) < 4.78 is 5.69. The number of halogens is 1. The number of aliphatic carboxylic acids is 2. The van der Waals surface area contributed by atoms with Crippen LogP contribution in [0.1, 0.15) is 84.9 Å². The number of aromatic hydroxyl groups is 1. The zero-order valence-corrected chi connectivity index (χ0v) is 24.4. The third-order valence-corrected chi connectivity index (χ3v) is 7.37. The Morgan fingerprint density at radius 2 is 1.57 bits per heavy atom. The van der Waals surface area contributed by atoms with Gasteiger partial charge in [-0.2, -0.15) is 0 Å². The molecule has 0 aliphatic heterocycles. The fourth-order valence-electron chi connectivity index (χ4n) is 4.99. The van der Waals surface area contributed by atoms with Gasteiger partial charge in [0.15, 0.2) is 0 Å². The SMILES string of the molecule is CCOC1=C(C)C(CCCBr)(C(=O)O)C(c2cc(C(C)(C)C)c(O)c(C(C)(C)C)c2)=C(C(=O)O)C1=C=O. The van der Waals surface area contributed by atoms with Gasteiger partial charge in [0.1, 0.15) is 28.4 Å². The molecule has 7 nitrogen and oxygen atoms in total. The fraction of sp³-hybridized carbons (Fsp3) is 0.517. The molecule has 37 heavy (non-hydrogen) atoms. The number of carboxylic acids is 2. The van der Waals surface area contributed by atoms with Gasteiger partial charge in [0.2, 0.25) is 0 Å². The van der Waals surface area contributed by atoms with Gasteiger partial charge in [-0.05, 0) is 66.4 Å². The zero-order valence-electron chi connectivity index (χ0n) is 22.8. The monoisotopic (exact) mass is 576 g/mol. The molecule has 0 bridgehead atoms. The van der Waals surface area contributed by atoms with Crippen molar-refractivity contribution in [3.8, 4) is 5.75 Å². The quantitative estimate of drug-likeness (QED) is 0.250. The van der Waals surface area contributed by atoms with E-state index in [4.69, 9.17) is 4.74 Å². The van der Waals surface area contributed by atoms with Crippen LogP contribution in [0.25, 0.3) is 5.57 Å². The van der Waals surface area contributed by atoms with E-state index in [1.165, 1.54) is 0 Å². The Morgan fingerprint density at radius 3 is 1.92 bits per heavy atom. The van der Waals surface area contributed by atoms with Gasteiger partial charge in [-0.15, -0.1) is 0 Å². The van der Waals surface area contributed by atoms with Gasteiger partial charge in [-0.25, -0.2) is 9.59 Å². The Labute approximate surface area is 227 Å². The average molecular weight is 578 g/mol. The standard InChI is InChI=1S/C29H37BrO7/c1-9-37-24-16(2)29(26(35)36,11-10-12-30)22(21(25(33)34)18(24)15-31)17-13-19(27(3,4)5)23(32)20(14-17)28(6,7)8/h13-14,32H,9-12H2,1-8H3,(H,33,34)(H,35,36). The maximum absolute atomic E-state index is 13.2. The number of phenols is 1. The summed E-state index contributed by atoms with van der Waals surface area (Å²) in [7, 11) is 0. The van der Waals surface area contributed by atoms with Crippen LogP contribution in [0, 0.1) is 5.41 Å². The highest BCUT2D eigenvalue weighted by Crippen LogP contribution is 2.55. The number of hydrogen-bond acceptors (Lipinski definition) is 5. The van der Waals surface area contributed by atoms with E-state index in [-0.39, 0.29) is 41.3 Å². The molecule has 1 unspecified atom stereocenters. The van der Waals surface area contributed by atoms with Crippen LogP contribution in [0.4, 0.5) is 0 Å². The fourth-order valence-corrected chi connectivity index (χ4v) is 5.27. The maximum Gasteiger partial charge on any atom is 0.337 e. The van der Waals surface area contributed by atoms with Gasteiger partial charge in [-0.1, -0.05) is 57.5 Å². The third kappa shape index (κ3) is 5.41. The van der Waals surface area contributed by atoms with E-state index < -0.39 is 33.8 Å². The molecule has 3 N–H and O–H groups in total. The van der Waals surface area contributed by atoms with Crippen molar-refractivity contribution in [1.82, 2.24) is 0 Å². The molecule has 1 aliphatic rings. The highest BCUT2D eigenvalue weighted by atomic mass is 79.9. The second kappa shape index (κ2) is 10.9. The Kier molecular flexibility index (Phi) is 8.94. The molecule has 0 saturated heterocycles. The number of hydrogen-bond donors (Lipinski definition) is 3. The Morgan fingerprint density at radius 1 is 1.05 bits per heavy atom. The molecule has 1 aliphatic carbocycles. The summed E-state index contributed by atoms with van der Waals surface area (Å²) in [4.78, 5) is 38.2. The first-order valence-corrected chi connectivity index (χ1v) is 13.4. The van der Waals surface area contributed by atoms with Crippen molar-refractivity contribution in [2.24, 2.45) is 5.41 Å². The number of rotatable bonds is 8. The van der Waals surface area contributed by atoms with Crippen molar-refractivity contribution in [3.63, 3.8) is 0 Å². The van der Waals surface area contributed by atoms with Crippen LogP contribution in [-0.2, 0) is 30.0 Å². The zero-order chi connectivity index (χ0) is 28.5. The normalized spacial score (nSPS) is 18.7. The lowest BCUT2D eigenvalue weighted by atomic mass is 9.62. The van der Waals surface area contributed by atoms with Crippen LogP contribution in [0.5, 0.6) is 5.75 Å². The van der Waals surface area contributed by atoms with Gasteiger partial charge < -0.3 is 20.1 Å². The van der Waals surface area contributed by atoms with E-state index >= 15 is 0 Å². The van der Waals surface area contributed by atoms with Crippen molar-refractivity contribution in [2.45, 2.75) is 79.1 Å². The molecule has 1 atom stereocenters. The average Bonchev–Trinajstić information content (AvgIpc) is 2.77. The minimum absolute atomic E-state index is 0.0104. The molecule has 0 fully saturated rings.